The van der Waals surface area contributed by atoms with Crippen LogP contribution in [0.5, 0.6) is 0 Å². The molecule has 1 atom stereocenters. The maximum atomic E-state index is 12.9. The van der Waals surface area contributed by atoms with Crippen LogP contribution in [0.1, 0.15) is 69.2 Å². The van der Waals surface area contributed by atoms with Crippen molar-refractivity contribution in [3.05, 3.63) is 59.4 Å². The van der Waals surface area contributed by atoms with Gasteiger partial charge >= 0.3 is 5.97 Å². The monoisotopic (exact) mass is 572 g/mol. The van der Waals surface area contributed by atoms with Gasteiger partial charge in [0.2, 0.25) is 5.91 Å². The van der Waals surface area contributed by atoms with Gasteiger partial charge in [0, 0.05) is 50.6 Å². The average molecular weight is 573 g/mol. The summed E-state index contributed by atoms with van der Waals surface area (Å²) in [6, 6.07) is 4.62. The molecule has 1 aliphatic rings. The van der Waals surface area contributed by atoms with Crippen LogP contribution in [0.2, 0.25) is 0 Å². The lowest BCUT2D eigenvalue weighted by Crippen LogP contribution is -2.32. The van der Waals surface area contributed by atoms with Gasteiger partial charge in [-0.3, -0.25) is 9.59 Å². The minimum atomic E-state index is -1.47. The molecule has 1 unspecified atom stereocenters. The standard InChI is InChI=1S/C31H44N2O8/c1-6-8-9-10-11-12-19-40-22-29(35)33(3)26-20-24(14-15-25(26)30(36)41-7-2)32-28(34)16-13-23-17-18-31(37,39-5)21-27(23)38-4/h13-17,20-21,37H,6-12,18-19,22H2,1-5H3,(H,32,34). The van der Waals surface area contributed by atoms with Gasteiger partial charge in [-0.05, 0) is 37.6 Å². The van der Waals surface area contributed by atoms with Gasteiger partial charge in [0.15, 0.2) is 5.79 Å². The summed E-state index contributed by atoms with van der Waals surface area (Å²) < 4.78 is 21.1. The maximum Gasteiger partial charge on any atom is 0.340 e. The van der Waals surface area contributed by atoms with E-state index in [0.29, 0.717) is 23.6 Å². The van der Waals surface area contributed by atoms with Gasteiger partial charge in [-0.2, -0.15) is 0 Å². The summed E-state index contributed by atoms with van der Waals surface area (Å²) in [6.45, 7) is 4.41. The molecule has 0 saturated heterocycles. The molecule has 2 N–H and O–H groups in total. The number of esters is 1. The highest BCUT2D eigenvalue weighted by molar-refractivity contribution is 6.05. The minimum Gasteiger partial charge on any atom is -0.496 e. The van der Waals surface area contributed by atoms with Crippen LogP contribution in [0.3, 0.4) is 0 Å². The van der Waals surface area contributed by atoms with Crippen molar-refractivity contribution in [1.29, 1.82) is 0 Å². The zero-order valence-electron chi connectivity index (χ0n) is 24.9. The second kappa shape index (κ2) is 17.4. The molecule has 1 aromatic carbocycles. The number of benzene rings is 1. The summed E-state index contributed by atoms with van der Waals surface area (Å²) >= 11 is 0. The first kappa shape index (κ1) is 33.7. The number of methoxy groups -OCH3 is 2. The molecule has 226 valence electrons. The Morgan fingerprint density at radius 2 is 1.83 bits per heavy atom. The Morgan fingerprint density at radius 1 is 1.10 bits per heavy atom. The Morgan fingerprint density at radius 3 is 2.51 bits per heavy atom. The van der Waals surface area contributed by atoms with Crippen LogP contribution in [0, 0.1) is 0 Å². The number of likely N-dealkylation sites (N-methyl/N-ethyl adjacent to an activating group) is 1. The normalized spacial score (nSPS) is 16.6. The van der Waals surface area contributed by atoms with Crippen molar-refractivity contribution in [2.45, 2.75) is 64.6 Å². The number of allylic oxidation sites excluding steroid dienone is 1. The third kappa shape index (κ3) is 10.8. The number of carbonyl (C=O) groups is 3. The van der Waals surface area contributed by atoms with Crippen molar-refractivity contribution in [2.24, 2.45) is 0 Å². The van der Waals surface area contributed by atoms with Crippen LogP contribution in [0.4, 0.5) is 11.4 Å². The highest BCUT2D eigenvalue weighted by Gasteiger charge is 2.28. The minimum absolute atomic E-state index is 0.129. The molecular weight excluding hydrogens is 528 g/mol. The van der Waals surface area contributed by atoms with E-state index in [0.717, 1.165) is 19.3 Å². The number of nitrogens with one attached hydrogen (secondary N) is 1. The SMILES string of the molecule is CCCCCCCCOCC(=O)N(C)c1cc(NC(=O)C=CC2=CCC(O)(OC)C=C2OC)ccc1C(=O)OCC. The van der Waals surface area contributed by atoms with Crippen molar-refractivity contribution in [1.82, 2.24) is 0 Å². The lowest BCUT2D eigenvalue weighted by molar-refractivity contribution is -0.145. The second-order valence-corrected chi connectivity index (χ2v) is 9.67. The molecule has 2 amide bonds. The topological polar surface area (TPSA) is 124 Å². The van der Waals surface area contributed by atoms with Crippen LogP contribution < -0.4 is 10.2 Å². The van der Waals surface area contributed by atoms with Crippen LogP contribution in [0.15, 0.2) is 53.8 Å². The highest BCUT2D eigenvalue weighted by Crippen LogP contribution is 2.28. The van der Waals surface area contributed by atoms with E-state index in [-0.39, 0.29) is 36.8 Å². The Bertz CT molecular complexity index is 1130. The lowest BCUT2D eigenvalue weighted by atomic mass is 9.99. The molecule has 0 aromatic heterocycles. The van der Waals surface area contributed by atoms with Crippen molar-refractivity contribution < 1.29 is 38.4 Å². The zero-order valence-corrected chi connectivity index (χ0v) is 24.9. The first-order valence-electron chi connectivity index (χ1n) is 14.1. The van der Waals surface area contributed by atoms with Crippen molar-refractivity contribution in [2.75, 3.05) is 51.3 Å². The number of aliphatic hydroxyl groups is 1. The third-order valence-corrected chi connectivity index (χ3v) is 6.61. The lowest BCUT2D eigenvalue weighted by Gasteiger charge is -2.26. The molecule has 0 heterocycles. The van der Waals surface area contributed by atoms with E-state index in [9.17, 15) is 19.5 Å². The predicted molar refractivity (Wildman–Crippen MR) is 158 cm³/mol. The van der Waals surface area contributed by atoms with Crippen LogP contribution in [-0.2, 0) is 28.5 Å². The van der Waals surface area contributed by atoms with Gasteiger partial charge in [-0.1, -0.05) is 45.1 Å². The zero-order chi connectivity index (χ0) is 30.3. The Labute approximate surface area is 243 Å². The summed E-state index contributed by atoms with van der Waals surface area (Å²) in [5.41, 5.74) is 1.47. The number of anilines is 2. The Hall–Kier alpha value is -3.47. The molecule has 0 bridgehead atoms. The number of amides is 2. The Kier molecular flexibility index (Phi) is 14.3. The molecule has 0 fully saturated rings. The van der Waals surface area contributed by atoms with Gasteiger partial charge in [-0.15, -0.1) is 0 Å². The number of ether oxygens (including phenoxy) is 4. The summed E-state index contributed by atoms with van der Waals surface area (Å²) in [5.74, 6) is -2.45. The summed E-state index contributed by atoms with van der Waals surface area (Å²) in [4.78, 5) is 39.5. The van der Waals surface area contributed by atoms with Gasteiger partial charge in [0.1, 0.15) is 12.4 Å². The maximum absolute atomic E-state index is 12.9. The van der Waals surface area contributed by atoms with Gasteiger partial charge in [-0.25, -0.2) is 4.79 Å². The number of unbranched alkanes of at least 4 members (excludes halogenated alkanes) is 5. The van der Waals surface area contributed by atoms with E-state index in [2.05, 4.69) is 12.2 Å². The van der Waals surface area contributed by atoms with Crippen molar-refractivity contribution in [3.63, 3.8) is 0 Å². The number of hydrogen-bond acceptors (Lipinski definition) is 8. The van der Waals surface area contributed by atoms with Crippen LogP contribution in [0.25, 0.3) is 0 Å². The Balaban J connectivity index is 2.08. The van der Waals surface area contributed by atoms with Crippen LogP contribution >= 0.6 is 0 Å². The van der Waals surface area contributed by atoms with Crippen molar-refractivity contribution in [3.8, 4) is 0 Å². The van der Waals surface area contributed by atoms with E-state index in [4.69, 9.17) is 18.9 Å². The molecule has 0 saturated carbocycles. The summed E-state index contributed by atoms with van der Waals surface area (Å²) in [5, 5.41) is 13.0. The first-order chi connectivity index (χ1) is 19.7. The van der Waals surface area contributed by atoms with Crippen molar-refractivity contribution >= 4 is 29.2 Å². The van der Waals surface area contributed by atoms with Gasteiger partial charge in [0.25, 0.3) is 5.91 Å². The largest absolute Gasteiger partial charge is 0.496 e. The molecule has 1 aliphatic carbocycles. The quantitative estimate of drug-likeness (QED) is 0.117. The smallest absolute Gasteiger partial charge is 0.340 e. The summed E-state index contributed by atoms with van der Waals surface area (Å²) in [7, 11) is 4.40. The fraction of sp³-hybridized carbons (Fsp3) is 0.516. The first-order valence-corrected chi connectivity index (χ1v) is 14.1. The number of hydrogen-bond donors (Lipinski definition) is 2. The van der Waals surface area contributed by atoms with Gasteiger partial charge in [0.05, 0.1) is 25.0 Å². The fourth-order valence-corrected chi connectivity index (χ4v) is 4.17. The highest BCUT2D eigenvalue weighted by atomic mass is 16.6. The molecule has 0 spiro atoms. The third-order valence-electron chi connectivity index (χ3n) is 6.61. The van der Waals surface area contributed by atoms with Crippen LogP contribution in [-0.4, -0.2) is 69.8 Å². The molecule has 0 aliphatic heterocycles. The van der Waals surface area contributed by atoms with E-state index in [1.54, 1.807) is 38.3 Å². The summed E-state index contributed by atoms with van der Waals surface area (Å²) in [6.07, 6.45) is 12.9. The molecule has 10 nitrogen and oxygen atoms in total. The average Bonchev–Trinajstić information content (AvgIpc) is 2.97. The molecule has 10 heteroatoms. The van der Waals surface area contributed by atoms with E-state index in [1.807, 2.05) is 0 Å². The molecular formula is C31H44N2O8. The van der Waals surface area contributed by atoms with E-state index in [1.165, 1.54) is 56.6 Å². The molecule has 0 radical (unpaired) electrons. The van der Waals surface area contributed by atoms with Gasteiger partial charge < -0.3 is 34.3 Å². The molecule has 41 heavy (non-hydrogen) atoms. The molecule has 2 rings (SSSR count). The number of carbonyl (C=O) groups excluding carboxylic acids is 3. The number of rotatable bonds is 17. The predicted octanol–water partition coefficient (Wildman–Crippen LogP) is 4.89. The van der Waals surface area contributed by atoms with E-state index < -0.39 is 17.7 Å². The fourth-order valence-electron chi connectivity index (χ4n) is 4.17. The molecule has 1 aromatic rings. The van der Waals surface area contributed by atoms with E-state index >= 15 is 0 Å². The second-order valence-electron chi connectivity index (χ2n) is 9.67. The number of nitrogens with zero attached hydrogens (tertiary/aromatic N) is 1.